The number of halogens is 2. The zero-order valence-corrected chi connectivity index (χ0v) is 7.23. The van der Waals surface area contributed by atoms with Crippen molar-refractivity contribution in [2.24, 2.45) is 0 Å². The van der Waals surface area contributed by atoms with Gasteiger partial charge in [0.05, 0.1) is 13.7 Å². The van der Waals surface area contributed by atoms with Gasteiger partial charge in [0.15, 0.2) is 11.6 Å². The van der Waals surface area contributed by atoms with E-state index in [1.807, 2.05) is 0 Å². The molecular formula is C8H8ClFO2. The van der Waals surface area contributed by atoms with Crippen molar-refractivity contribution in [3.05, 3.63) is 28.5 Å². The number of benzene rings is 1. The molecule has 0 heterocycles. The number of methoxy groups -OCH3 is 1. The maximum atomic E-state index is 12.9. The molecule has 2 nitrogen and oxygen atoms in total. The monoisotopic (exact) mass is 190 g/mol. The highest BCUT2D eigenvalue weighted by Gasteiger charge is 2.11. The van der Waals surface area contributed by atoms with Crippen LogP contribution in [0.1, 0.15) is 5.56 Å². The molecule has 1 aromatic carbocycles. The summed E-state index contributed by atoms with van der Waals surface area (Å²) in [6.07, 6.45) is 0. The van der Waals surface area contributed by atoms with Crippen LogP contribution in [0.25, 0.3) is 0 Å². The molecular weight excluding hydrogens is 183 g/mol. The number of aliphatic hydroxyl groups excluding tert-OH is 1. The second-order valence-electron chi connectivity index (χ2n) is 2.20. The first-order chi connectivity index (χ1) is 5.70. The van der Waals surface area contributed by atoms with Crippen molar-refractivity contribution in [3.8, 4) is 5.75 Å². The smallest absolute Gasteiger partial charge is 0.165 e. The summed E-state index contributed by atoms with van der Waals surface area (Å²) in [5.41, 5.74) is 0.277. The number of hydrogen-bond donors (Lipinski definition) is 1. The predicted octanol–water partition coefficient (Wildman–Crippen LogP) is 1.98. The first-order valence-corrected chi connectivity index (χ1v) is 3.70. The van der Waals surface area contributed by atoms with Gasteiger partial charge in [-0.15, -0.1) is 0 Å². The van der Waals surface area contributed by atoms with E-state index >= 15 is 0 Å². The molecule has 66 valence electrons. The lowest BCUT2D eigenvalue weighted by atomic mass is 10.2. The molecule has 0 spiro atoms. The lowest BCUT2D eigenvalue weighted by Gasteiger charge is -2.08. The van der Waals surface area contributed by atoms with E-state index in [2.05, 4.69) is 0 Å². The third-order valence-electron chi connectivity index (χ3n) is 1.52. The first kappa shape index (κ1) is 9.29. The van der Waals surface area contributed by atoms with Crippen LogP contribution in [0.15, 0.2) is 12.1 Å². The lowest BCUT2D eigenvalue weighted by molar-refractivity contribution is 0.271. The molecule has 1 N–H and O–H groups in total. The van der Waals surface area contributed by atoms with Crippen molar-refractivity contribution in [1.29, 1.82) is 0 Å². The van der Waals surface area contributed by atoms with Crippen molar-refractivity contribution in [2.45, 2.75) is 6.61 Å². The zero-order chi connectivity index (χ0) is 9.14. The van der Waals surface area contributed by atoms with Crippen LogP contribution in [0.4, 0.5) is 4.39 Å². The van der Waals surface area contributed by atoms with Crippen LogP contribution in [0.2, 0.25) is 5.02 Å². The second kappa shape index (κ2) is 3.74. The minimum atomic E-state index is -0.522. The third kappa shape index (κ3) is 1.52. The summed E-state index contributed by atoms with van der Waals surface area (Å²) in [5.74, 6) is -0.518. The van der Waals surface area contributed by atoms with Crippen LogP contribution >= 0.6 is 11.6 Å². The van der Waals surface area contributed by atoms with Gasteiger partial charge >= 0.3 is 0 Å². The highest BCUT2D eigenvalue weighted by atomic mass is 35.5. The molecule has 0 aliphatic carbocycles. The fourth-order valence-corrected chi connectivity index (χ4v) is 1.15. The maximum absolute atomic E-state index is 12.9. The number of ether oxygens (including phenoxy) is 1. The molecule has 0 saturated carbocycles. The Morgan fingerprint density at radius 1 is 1.58 bits per heavy atom. The van der Waals surface area contributed by atoms with Gasteiger partial charge in [-0.25, -0.2) is 4.39 Å². The van der Waals surface area contributed by atoms with Crippen LogP contribution in [-0.4, -0.2) is 12.2 Å². The Morgan fingerprint density at radius 2 is 2.25 bits per heavy atom. The number of hydrogen-bond acceptors (Lipinski definition) is 2. The largest absolute Gasteiger partial charge is 0.493 e. The van der Waals surface area contributed by atoms with Gasteiger partial charge in [0, 0.05) is 10.6 Å². The molecule has 1 rings (SSSR count). The van der Waals surface area contributed by atoms with Crippen molar-refractivity contribution in [3.63, 3.8) is 0 Å². The van der Waals surface area contributed by atoms with E-state index in [9.17, 15) is 4.39 Å². The van der Waals surface area contributed by atoms with E-state index < -0.39 is 5.82 Å². The first-order valence-electron chi connectivity index (χ1n) is 3.32. The maximum Gasteiger partial charge on any atom is 0.165 e. The minimum absolute atomic E-state index is 0.00463. The average molecular weight is 191 g/mol. The van der Waals surface area contributed by atoms with Gasteiger partial charge in [-0.3, -0.25) is 0 Å². The quantitative estimate of drug-likeness (QED) is 0.773. The summed E-state index contributed by atoms with van der Waals surface area (Å²) in [7, 11) is 1.33. The minimum Gasteiger partial charge on any atom is -0.493 e. The summed E-state index contributed by atoms with van der Waals surface area (Å²) >= 11 is 5.67. The van der Waals surface area contributed by atoms with Gasteiger partial charge in [-0.2, -0.15) is 0 Å². The summed E-state index contributed by atoms with van der Waals surface area (Å²) in [4.78, 5) is 0. The SMILES string of the molecule is COc1c(F)ccc(Cl)c1CO. The Kier molecular flexibility index (Phi) is 2.89. The van der Waals surface area contributed by atoms with Crippen LogP contribution in [0, 0.1) is 5.82 Å². The van der Waals surface area contributed by atoms with E-state index in [0.29, 0.717) is 5.02 Å². The molecule has 0 fully saturated rings. The van der Waals surface area contributed by atoms with Crippen LogP contribution in [0.3, 0.4) is 0 Å². The molecule has 12 heavy (non-hydrogen) atoms. The standard InChI is InChI=1S/C8H8ClFO2/c1-12-8-5(4-11)6(9)2-3-7(8)10/h2-3,11H,4H2,1H3. The molecule has 0 aliphatic heterocycles. The Hall–Kier alpha value is -0.800. The summed E-state index contributed by atoms with van der Waals surface area (Å²) < 4.78 is 17.7. The third-order valence-corrected chi connectivity index (χ3v) is 1.87. The zero-order valence-electron chi connectivity index (χ0n) is 6.47. The highest BCUT2D eigenvalue weighted by molar-refractivity contribution is 6.31. The molecule has 0 unspecified atom stereocenters. The lowest BCUT2D eigenvalue weighted by Crippen LogP contribution is -1.96. The van der Waals surface area contributed by atoms with E-state index in [4.69, 9.17) is 21.4 Å². The van der Waals surface area contributed by atoms with Gasteiger partial charge < -0.3 is 9.84 Å². The summed E-state index contributed by atoms with van der Waals surface area (Å²) in [6.45, 7) is -0.334. The summed E-state index contributed by atoms with van der Waals surface area (Å²) in [5, 5.41) is 9.13. The summed E-state index contributed by atoms with van der Waals surface area (Å²) in [6, 6.07) is 2.57. The molecule has 4 heteroatoms. The van der Waals surface area contributed by atoms with E-state index in [-0.39, 0.29) is 17.9 Å². The topological polar surface area (TPSA) is 29.5 Å². The van der Waals surface area contributed by atoms with Crippen molar-refractivity contribution >= 4 is 11.6 Å². The average Bonchev–Trinajstić information content (AvgIpc) is 2.08. The van der Waals surface area contributed by atoms with Crippen LogP contribution in [-0.2, 0) is 6.61 Å². The van der Waals surface area contributed by atoms with Crippen molar-refractivity contribution in [2.75, 3.05) is 7.11 Å². The molecule has 0 bridgehead atoms. The molecule has 0 aromatic heterocycles. The molecule has 0 radical (unpaired) electrons. The fraction of sp³-hybridized carbons (Fsp3) is 0.250. The molecule has 1 aromatic rings. The Labute approximate surface area is 74.5 Å². The van der Waals surface area contributed by atoms with Gasteiger partial charge in [0.25, 0.3) is 0 Å². The molecule has 0 atom stereocenters. The van der Waals surface area contributed by atoms with Gasteiger partial charge in [0.2, 0.25) is 0 Å². The van der Waals surface area contributed by atoms with E-state index in [0.717, 1.165) is 0 Å². The van der Waals surface area contributed by atoms with Crippen molar-refractivity contribution < 1.29 is 14.2 Å². The normalized spacial score (nSPS) is 10.0. The van der Waals surface area contributed by atoms with Crippen LogP contribution in [0.5, 0.6) is 5.75 Å². The fourth-order valence-electron chi connectivity index (χ4n) is 0.943. The number of aliphatic hydroxyl groups is 1. The number of rotatable bonds is 2. The van der Waals surface area contributed by atoms with E-state index in [1.165, 1.54) is 19.2 Å². The van der Waals surface area contributed by atoms with E-state index in [1.54, 1.807) is 0 Å². The molecule has 0 amide bonds. The predicted molar refractivity (Wildman–Crippen MR) is 43.9 cm³/mol. The van der Waals surface area contributed by atoms with Gasteiger partial charge in [-0.05, 0) is 12.1 Å². The van der Waals surface area contributed by atoms with Crippen LogP contribution < -0.4 is 4.74 Å². The molecule has 0 aliphatic rings. The Balaban J connectivity index is 3.28. The van der Waals surface area contributed by atoms with Gasteiger partial charge in [0.1, 0.15) is 0 Å². The van der Waals surface area contributed by atoms with Crippen molar-refractivity contribution in [1.82, 2.24) is 0 Å². The Morgan fingerprint density at radius 3 is 2.67 bits per heavy atom. The van der Waals surface area contributed by atoms with Gasteiger partial charge in [-0.1, -0.05) is 11.6 Å². The highest BCUT2D eigenvalue weighted by Crippen LogP contribution is 2.28. The molecule has 0 saturated heterocycles. The Bertz CT molecular complexity index is 260. The second-order valence-corrected chi connectivity index (χ2v) is 2.61.